The largest absolute Gasteiger partial charge is 0.490 e. The van der Waals surface area contributed by atoms with Gasteiger partial charge in [-0.25, -0.2) is 0 Å². The fraction of sp³-hybridized carbons (Fsp3) is 0.421. The van der Waals surface area contributed by atoms with Crippen LogP contribution in [-0.4, -0.2) is 35.0 Å². The third kappa shape index (κ3) is 3.41. The lowest BCUT2D eigenvalue weighted by atomic mass is 10.1. The van der Waals surface area contributed by atoms with Crippen molar-refractivity contribution in [3.8, 4) is 5.75 Å². The Balaban J connectivity index is 1.57. The molecule has 0 saturated carbocycles. The summed E-state index contributed by atoms with van der Waals surface area (Å²) in [6, 6.07) is 6.22. The molecule has 0 unspecified atom stereocenters. The number of hydrogen-bond acceptors (Lipinski definition) is 2. The minimum atomic E-state index is 0.119. The molecule has 0 atom stereocenters. The minimum absolute atomic E-state index is 0.119. The van der Waals surface area contributed by atoms with E-state index in [1.54, 1.807) is 6.20 Å². The van der Waals surface area contributed by atoms with E-state index in [1.165, 1.54) is 11.1 Å². The zero-order valence-electron chi connectivity index (χ0n) is 14.1. The molecule has 0 spiro atoms. The van der Waals surface area contributed by atoms with Crippen LogP contribution in [0, 0.1) is 20.8 Å². The van der Waals surface area contributed by atoms with Gasteiger partial charge >= 0.3 is 0 Å². The van der Waals surface area contributed by atoms with E-state index in [2.05, 4.69) is 31.0 Å². The Kier molecular flexibility index (Phi) is 4.42. The summed E-state index contributed by atoms with van der Waals surface area (Å²) in [7, 11) is 0. The molecule has 1 amide bonds. The Morgan fingerprint density at radius 2 is 1.83 bits per heavy atom. The lowest BCUT2D eigenvalue weighted by Crippen LogP contribution is -2.41. The van der Waals surface area contributed by atoms with E-state index in [1.807, 2.05) is 24.1 Å². The summed E-state index contributed by atoms with van der Waals surface area (Å²) >= 11 is 0. The van der Waals surface area contributed by atoms with Gasteiger partial charge in [0.2, 0.25) is 0 Å². The van der Waals surface area contributed by atoms with Crippen LogP contribution in [0.15, 0.2) is 30.6 Å². The first-order valence-corrected chi connectivity index (χ1v) is 8.21. The number of aryl methyl sites for hydroxylation is 3. The smallest absolute Gasteiger partial charge is 0.255 e. The van der Waals surface area contributed by atoms with Gasteiger partial charge in [0, 0.05) is 38.3 Å². The monoisotopic (exact) mass is 312 g/mol. The van der Waals surface area contributed by atoms with Crippen LogP contribution in [-0.2, 0) is 0 Å². The third-order valence-corrected chi connectivity index (χ3v) is 4.69. The number of carbonyl (C=O) groups is 1. The molecule has 1 saturated heterocycles. The lowest BCUT2D eigenvalue weighted by molar-refractivity contribution is 0.0595. The van der Waals surface area contributed by atoms with Gasteiger partial charge in [-0.05, 0) is 49.6 Å². The second kappa shape index (κ2) is 6.49. The molecule has 1 aromatic heterocycles. The predicted molar refractivity (Wildman–Crippen MR) is 91.0 cm³/mol. The molecule has 1 aliphatic rings. The van der Waals surface area contributed by atoms with Gasteiger partial charge in [-0.1, -0.05) is 6.07 Å². The highest BCUT2D eigenvalue weighted by molar-refractivity contribution is 5.95. The molecule has 0 radical (unpaired) electrons. The van der Waals surface area contributed by atoms with E-state index in [4.69, 9.17) is 4.74 Å². The van der Waals surface area contributed by atoms with Crippen LogP contribution in [0.5, 0.6) is 5.75 Å². The van der Waals surface area contributed by atoms with Crippen LogP contribution in [0.2, 0.25) is 0 Å². The average molecular weight is 312 g/mol. The summed E-state index contributed by atoms with van der Waals surface area (Å²) in [5, 5.41) is 0. The Morgan fingerprint density at radius 1 is 1.09 bits per heavy atom. The fourth-order valence-electron chi connectivity index (χ4n) is 3.00. The maximum absolute atomic E-state index is 12.5. The maximum atomic E-state index is 12.5. The van der Waals surface area contributed by atoms with E-state index in [-0.39, 0.29) is 12.0 Å². The highest BCUT2D eigenvalue weighted by Gasteiger charge is 2.25. The van der Waals surface area contributed by atoms with Crippen molar-refractivity contribution in [1.82, 2.24) is 9.88 Å². The van der Waals surface area contributed by atoms with Gasteiger partial charge in [0.25, 0.3) is 5.91 Å². The number of nitrogens with one attached hydrogen (secondary N) is 1. The summed E-state index contributed by atoms with van der Waals surface area (Å²) in [5.74, 6) is 1.05. The first-order chi connectivity index (χ1) is 11.0. The molecule has 2 aromatic rings. The van der Waals surface area contributed by atoms with E-state index in [0.29, 0.717) is 0 Å². The van der Waals surface area contributed by atoms with Crippen molar-refractivity contribution < 1.29 is 9.53 Å². The van der Waals surface area contributed by atoms with Crippen molar-refractivity contribution >= 4 is 5.91 Å². The number of amides is 1. The second-order valence-electron chi connectivity index (χ2n) is 6.41. The van der Waals surface area contributed by atoms with Gasteiger partial charge in [-0.15, -0.1) is 0 Å². The number of carbonyl (C=O) groups excluding carboxylic acids is 1. The molecule has 4 heteroatoms. The fourth-order valence-corrected chi connectivity index (χ4v) is 3.00. The Morgan fingerprint density at radius 3 is 2.43 bits per heavy atom. The first kappa shape index (κ1) is 15.7. The van der Waals surface area contributed by atoms with E-state index in [9.17, 15) is 4.79 Å². The summed E-state index contributed by atoms with van der Waals surface area (Å²) in [5.41, 5.74) is 4.31. The molecule has 4 nitrogen and oxygen atoms in total. The van der Waals surface area contributed by atoms with Gasteiger partial charge in [0.15, 0.2) is 0 Å². The van der Waals surface area contributed by atoms with Crippen LogP contribution in [0.4, 0.5) is 0 Å². The number of H-pyrrole nitrogens is 1. The number of nitrogens with zero attached hydrogens (tertiary/aromatic N) is 1. The number of aromatic nitrogens is 1. The highest BCUT2D eigenvalue weighted by atomic mass is 16.5. The third-order valence-electron chi connectivity index (χ3n) is 4.69. The topological polar surface area (TPSA) is 45.3 Å². The SMILES string of the molecule is Cc1ccc(OC2CCN(C(=O)c3c[nH]cc3C)CC2)cc1C. The van der Waals surface area contributed by atoms with Gasteiger partial charge in [0.1, 0.15) is 11.9 Å². The quantitative estimate of drug-likeness (QED) is 0.941. The van der Waals surface area contributed by atoms with Crippen LogP contribution in [0.1, 0.15) is 39.9 Å². The summed E-state index contributed by atoms with van der Waals surface area (Å²) < 4.78 is 6.09. The second-order valence-corrected chi connectivity index (χ2v) is 6.41. The molecule has 1 fully saturated rings. The molecule has 1 aliphatic heterocycles. The Labute approximate surface area is 137 Å². The number of aromatic amines is 1. The molecule has 1 N–H and O–H groups in total. The highest BCUT2D eigenvalue weighted by Crippen LogP contribution is 2.22. The molecular formula is C19H24N2O2. The van der Waals surface area contributed by atoms with E-state index < -0.39 is 0 Å². The van der Waals surface area contributed by atoms with E-state index >= 15 is 0 Å². The van der Waals surface area contributed by atoms with Crippen LogP contribution in [0.25, 0.3) is 0 Å². The van der Waals surface area contributed by atoms with E-state index in [0.717, 1.165) is 42.8 Å². The zero-order valence-corrected chi connectivity index (χ0v) is 14.1. The minimum Gasteiger partial charge on any atom is -0.490 e. The maximum Gasteiger partial charge on any atom is 0.255 e. The Hall–Kier alpha value is -2.23. The number of rotatable bonds is 3. The lowest BCUT2D eigenvalue weighted by Gasteiger charge is -2.32. The molecule has 1 aromatic carbocycles. The molecule has 122 valence electrons. The van der Waals surface area contributed by atoms with Crippen LogP contribution in [0.3, 0.4) is 0 Å². The van der Waals surface area contributed by atoms with Crippen molar-refractivity contribution in [2.75, 3.05) is 13.1 Å². The first-order valence-electron chi connectivity index (χ1n) is 8.21. The summed E-state index contributed by atoms with van der Waals surface area (Å²) in [4.78, 5) is 17.4. The van der Waals surface area contributed by atoms with Crippen molar-refractivity contribution in [1.29, 1.82) is 0 Å². The molecule has 2 heterocycles. The number of likely N-dealkylation sites (tertiary alicyclic amines) is 1. The summed E-state index contributed by atoms with van der Waals surface area (Å²) in [6.45, 7) is 7.66. The standard InChI is InChI=1S/C19H24N2O2/c1-13-4-5-17(10-14(13)2)23-16-6-8-21(9-7-16)19(22)18-12-20-11-15(18)3/h4-5,10-12,16,20H,6-9H2,1-3H3. The molecule has 0 bridgehead atoms. The van der Waals surface area contributed by atoms with Gasteiger partial charge in [0.05, 0.1) is 5.56 Å². The van der Waals surface area contributed by atoms with Gasteiger partial charge in [-0.2, -0.15) is 0 Å². The number of benzene rings is 1. The molecule has 3 rings (SSSR count). The Bertz CT molecular complexity index is 697. The van der Waals surface area contributed by atoms with Crippen LogP contribution < -0.4 is 4.74 Å². The van der Waals surface area contributed by atoms with Gasteiger partial charge in [-0.3, -0.25) is 4.79 Å². The van der Waals surface area contributed by atoms with Crippen molar-refractivity contribution in [2.45, 2.75) is 39.7 Å². The molecule has 0 aliphatic carbocycles. The normalized spacial score (nSPS) is 15.7. The predicted octanol–water partition coefficient (Wildman–Crippen LogP) is 3.62. The summed E-state index contributed by atoms with van der Waals surface area (Å²) in [6.07, 6.45) is 5.59. The average Bonchev–Trinajstić information content (AvgIpc) is 2.97. The molecular weight excluding hydrogens is 288 g/mol. The number of hydrogen-bond donors (Lipinski definition) is 1. The van der Waals surface area contributed by atoms with Crippen molar-refractivity contribution in [3.63, 3.8) is 0 Å². The zero-order chi connectivity index (χ0) is 16.4. The van der Waals surface area contributed by atoms with Gasteiger partial charge < -0.3 is 14.6 Å². The number of ether oxygens (including phenoxy) is 1. The number of piperidine rings is 1. The van der Waals surface area contributed by atoms with Crippen molar-refractivity contribution in [2.24, 2.45) is 0 Å². The van der Waals surface area contributed by atoms with Crippen LogP contribution >= 0.6 is 0 Å². The molecule has 23 heavy (non-hydrogen) atoms. The van der Waals surface area contributed by atoms with Crippen molar-refractivity contribution in [3.05, 3.63) is 52.8 Å².